The van der Waals surface area contributed by atoms with Crippen molar-refractivity contribution in [1.29, 1.82) is 0 Å². The Morgan fingerprint density at radius 1 is 1.26 bits per heavy atom. The summed E-state index contributed by atoms with van der Waals surface area (Å²) in [6.45, 7) is 3.27. The third kappa shape index (κ3) is 3.62. The molecule has 3 rings (SSSR count). The van der Waals surface area contributed by atoms with E-state index >= 15 is 0 Å². The zero-order chi connectivity index (χ0) is 16.4. The van der Waals surface area contributed by atoms with E-state index in [0.29, 0.717) is 29.6 Å². The van der Waals surface area contributed by atoms with E-state index in [-0.39, 0.29) is 17.9 Å². The van der Waals surface area contributed by atoms with Crippen LogP contribution in [0, 0.1) is 17.6 Å². The molecule has 0 bridgehead atoms. The van der Waals surface area contributed by atoms with Crippen LogP contribution in [0.2, 0.25) is 5.02 Å². The molecule has 6 heteroatoms. The van der Waals surface area contributed by atoms with E-state index in [1.165, 1.54) is 18.3 Å². The molecule has 0 radical (unpaired) electrons. The molecule has 3 atom stereocenters. The Balaban J connectivity index is 1.76. The summed E-state index contributed by atoms with van der Waals surface area (Å²) in [4.78, 5) is 4.12. The maximum absolute atomic E-state index is 14.1. The van der Waals surface area contributed by atoms with Crippen LogP contribution in [0.5, 0.6) is 5.88 Å². The van der Waals surface area contributed by atoms with Crippen molar-refractivity contribution in [3.63, 3.8) is 0 Å². The molecule has 122 valence electrons. The van der Waals surface area contributed by atoms with Crippen molar-refractivity contribution < 1.29 is 13.5 Å². The Morgan fingerprint density at radius 2 is 2.09 bits per heavy atom. The van der Waals surface area contributed by atoms with E-state index in [9.17, 15) is 8.78 Å². The van der Waals surface area contributed by atoms with Gasteiger partial charge in [0, 0.05) is 43.3 Å². The minimum atomic E-state index is -0.566. The molecular weight excluding hydrogens is 322 g/mol. The summed E-state index contributed by atoms with van der Waals surface area (Å²) in [5.41, 5.74) is 0.515. The largest absolute Gasteiger partial charge is 0.474 e. The molecular formula is C17H17ClF2N2O. The molecule has 2 heterocycles. The number of ether oxygens (including phenoxy) is 1. The number of halogens is 3. The van der Waals surface area contributed by atoms with Gasteiger partial charge in [-0.15, -0.1) is 0 Å². The molecule has 0 aliphatic carbocycles. The number of nitrogens with zero attached hydrogens (tertiary/aromatic N) is 1. The van der Waals surface area contributed by atoms with Crippen molar-refractivity contribution in [3.8, 4) is 5.88 Å². The molecule has 1 fully saturated rings. The standard InChI is InChI=1S/C17H17ClF2N2O/c1-10(23-17-5-2-11(18)7-22-17)14-8-21-9-15(14)13-4-3-12(19)6-16(13)20/h2-7,10,14-15,21H,8-9H2,1H3/t10-,14-,15+/m0/s1. The predicted octanol–water partition coefficient (Wildman–Crippen LogP) is 3.78. The molecule has 1 aliphatic heterocycles. The second kappa shape index (κ2) is 6.81. The molecule has 23 heavy (non-hydrogen) atoms. The Labute approximate surface area is 138 Å². The molecule has 3 nitrogen and oxygen atoms in total. The first-order chi connectivity index (χ1) is 11.0. The summed E-state index contributed by atoms with van der Waals surface area (Å²) in [5, 5.41) is 3.80. The maximum Gasteiger partial charge on any atom is 0.213 e. The highest BCUT2D eigenvalue weighted by Crippen LogP contribution is 2.33. The highest BCUT2D eigenvalue weighted by Gasteiger charge is 2.35. The van der Waals surface area contributed by atoms with Gasteiger partial charge in [0.2, 0.25) is 5.88 Å². The number of nitrogens with one attached hydrogen (secondary N) is 1. The summed E-state index contributed by atoms with van der Waals surface area (Å²) < 4.78 is 33.0. The van der Waals surface area contributed by atoms with Gasteiger partial charge in [-0.05, 0) is 24.6 Å². The summed E-state index contributed by atoms with van der Waals surface area (Å²) in [6, 6.07) is 7.15. The van der Waals surface area contributed by atoms with Gasteiger partial charge in [-0.3, -0.25) is 0 Å². The van der Waals surface area contributed by atoms with Gasteiger partial charge in [-0.1, -0.05) is 17.7 Å². The first-order valence-electron chi connectivity index (χ1n) is 7.48. The van der Waals surface area contributed by atoms with Gasteiger partial charge in [0.1, 0.15) is 17.7 Å². The number of aromatic nitrogens is 1. The summed E-state index contributed by atoms with van der Waals surface area (Å²) in [5.74, 6) is -0.610. The summed E-state index contributed by atoms with van der Waals surface area (Å²) >= 11 is 5.81. The molecule has 0 unspecified atom stereocenters. The van der Waals surface area contributed by atoms with Gasteiger partial charge in [-0.2, -0.15) is 0 Å². The molecule has 1 N–H and O–H groups in total. The van der Waals surface area contributed by atoms with Crippen molar-refractivity contribution in [2.24, 2.45) is 5.92 Å². The Kier molecular flexibility index (Phi) is 4.78. The molecule has 0 amide bonds. The Morgan fingerprint density at radius 3 is 2.78 bits per heavy atom. The van der Waals surface area contributed by atoms with Gasteiger partial charge < -0.3 is 10.1 Å². The summed E-state index contributed by atoms with van der Waals surface area (Å²) in [7, 11) is 0. The molecule has 0 spiro atoms. The van der Waals surface area contributed by atoms with Crippen LogP contribution in [-0.4, -0.2) is 24.2 Å². The second-order valence-electron chi connectivity index (χ2n) is 5.73. The van der Waals surface area contributed by atoms with Crippen molar-refractivity contribution in [2.75, 3.05) is 13.1 Å². The van der Waals surface area contributed by atoms with Crippen LogP contribution in [0.1, 0.15) is 18.4 Å². The predicted molar refractivity (Wildman–Crippen MR) is 84.8 cm³/mol. The van der Waals surface area contributed by atoms with Gasteiger partial charge in [0.25, 0.3) is 0 Å². The average molecular weight is 339 g/mol. The average Bonchev–Trinajstić information content (AvgIpc) is 2.99. The Hall–Kier alpha value is -1.72. The normalized spacial score (nSPS) is 22.1. The zero-order valence-electron chi connectivity index (χ0n) is 12.6. The van der Waals surface area contributed by atoms with Crippen molar-refractivity contribution in [3.05, 3.63) is 58.7 Å². The van der Waals surface area contributed by atoms with Crippen LogP contribution in [0.4, 0.5) is 8.78 Å². The van der Waals surface area contributed by atoms with Gasteiger partial charge in [0.05, 0.1) is 5.02 Å². The van der Waals surface area contributed by atoms with E-state index < -0.39 is 11.6 Å². The van der Waals surface area contributed by atoms with Gasteiger partial charge >= 0.3 is 0 Å². The van der Waals surface area contributed by atoms with Crippen LogP contribution >= 0.6 is 11.6 Å². The van der Waals surface area contributed by atoms with E-state index in [0.717, 1.165) is 6.07 Å². The lowest BCUT2D eigenvalue weighted by atomic mass is 9.85. The smallest absolute Gasteiger partial charge is 0.213 e. The molecule has 1 aliphatic rings. The maximum atomic E-state index is 14.1. The number of hydrogen-bond acceptors (Lipinski definition) is 3. The third-order valence-electron chi connectivity index (χ3n) is 4.23. The first-order valence-corrected chi connectivity index (χ1v) is 7.86. The van der Waals surface area contributed by atoms with Crippen LogP contribution in [-0.2, 0) is 0 Å². The van der Waals surface area contributed by atoms with Crippen molar-refractivity contribution in [2.45, 2.75) is 18.9 Å². The minimum absolute atomic E-state index is 0.0624. The SMILES string of the molecule is C[C@H](Oc1ccc(Cl)cn1)[C@@H]1CNC[C@@H]1c1ccc(F)cc1F. The van der Waals surface area contributed by atoms with Crippen LogP contribution < -0.4 is 10.1 Å². The highest BCUT2D eigenvalue weighted by molar-refractivity contribution is 6.30. The fourth-order valence-electron chi connectivity index (χ4n) is 3.04. The zero-order valence-corrected chi connectivity index (χ0v) is 13.4. The molecule has 1 aromatic carbocycles. The lowest BCUT2D eigenvalue weighted by Gasteiger charge is -2.26. The monoisotopic (exact) mass is 338 g/mol. The number of hydrogen-bond donors (Lipinski definition) is 1. The lowest BCUT2D eigenvalue weighted by molar-refractivity contribution is 0.144. The minimum Gasteiger partial charge on any atom is -0.474 e. The molecule has 1 aromatic heterocycles. The number of pyridine rings is 1. The topological polar surface area (TPSA) is 34.1 Å². The van der Waals surface area contributed by atoms with Crippen molar-refractivity contribution >= 4 is 11.6 Å². The van der Waals surface area contributed by atoms with E-state index in [1.807, 2.05) is 6.92 Å². The first kappa shape index (κ1) is 16.1. The van der Waals surface area contributed by atoms with E-state index in [2.05, 4.69) is 10.3 Å². The molecule has 1 saturated heterocycles. The quantitative estimate of drug-likeness (QED) is 0.921. The molecule has 2 aromatic rings. The van der Waals surface area contributed by atoms with Crippen LogP contribution in [0.25, 0.3) is 0 Å². The Bertz CT molecular complexity index is 681. The van der Waals surface area contributed by atoms with E-state index in [4.69, 9.17) is 16.3 Å². The fraction of sp³-hybridized carbons (Fsp3) is 0.353. The number of rotatable bonds is 4. The third-order valence-corrected chi connectivity index (χ3v) is 4.46. The lowest BCUT2D eigenvalue weighted by Crippen LogP contribution is -2.29. The highest BCUT2D eigenvalue weighted by atomic mass is 35.5. The number of benzene rings is 1. The van der Waals surface area contributed by atoms with Gasteiger partial charge in [-0.25, -0.2) is 13.8 Å². The van der Waals surface area contributed by atoms with Crippen LogP contribution in [0.15, 0.2) is 36.5 Å². The molecule has 0 saturated carbocycles. The van der Waals surface area contributed by atoms with Crippen LogP contribution in [0.3, 0.4) is 0 Å². The summed E-state index contributed by atoms with van der Waals surface area (Å²) in [6.07, 6.45) is 1.35. The van der Waals surface area contributed by atoms with E-state index in [1.54, 1.807) is 12.1 Å². The van der Waals surface area contributed by atoms with Crippen molar-refractivity contribution in [1.82, 2.24) is 10.3 Å². The fourth-order valence-corrected chi connectivity index (χ4v) is 3.16. The van der Waals surface area contributed by atoms with Gasteiger partial charge in [0.15, 0.2) is 0 Å². The second-order valence-corrected chi connectivity index (χ2v) is 6.17.